The minimum absolute atomic E-state index is 0.00626. The van der Waals surface area contributed by atoms with Crippen molar-refractivity contribution in [3.05, 3.63) is 65.2 Å². The molecule has 0 aliphatic carbocycles. The average Bonchev–Trinajstić information content (AvgIpc) is 2.61. The number of hydrogen-bond acceptors (Lipinski definition) is 2. The number of carbonyl (C=O) groups excluding carboxylic acids is 2. The Labute approximate surface area is 162 Å². The molecule has 0 saturated carbocycles. The molecule has 0 fully saturated rings. The van der Waals surface area contributed by atoms with E-state index in [2.05, 4.69) is 36.5 Å². The first-order valence-corrected chi connectivity index (χ1v) is 9.60. The summed E-state index contributed by atoms with van der Waals surface area (Å²) in [7, 11) is 0. The molecule has 2 rings (SSSR count). The number of amides is 2. The molecule has 0 aliphatic rings. The molecule has 0 aliphatic heterocycles. The maximum atomic E-state index is 12.9. The molecule has 4 heteroatoms. The highest BCUT2D eigenvalue weighted by atomic mass is 16.2. The summed E-state index contributed by atoms with van der Waals surface area (Å²) in [5.41, 5.74) is 4.03. The third-order valence-electron chi connectivity index (χ3n) is 4.31. The minimum Gasteiger partial charge on any atom is -0.356 e. The highest BCUT2D eigenvalue weighted by Crippen LogP contribution is 2.22. The second-order valence-corrected chi connectivity index (χ2v) is 7.36. The quantitative estimate of drug-likeness (QED) is 0.759. The van der Waals surface area contributed by atoms with Crippen LogP contribution in [-0.2, 0) is 22.6 Å². The third-order valence-corrected chi connectivity index (χ3v) is 4.31. The van der Waals surface area contributed by atoms with E-state index < -0.39 is 0 Å². The highest BCUT2D eigenvalue weighted by molar-refractivity contribution is 5.93. The zero-order valence-corrected chi connectivity index (χ0v) is 16.8. The molecule has 0 aromatic heterocycles. The van der Waals surface area contributed by atoms with Crippen LogP contribution < -0.4 is 10.2 Å². The van der Waals surface area contributed by atoms with Crippen molar-refractivity contribution in [2.45, 2.75) is 47.1 Å². The van der Waals surface area contributed by atoms with E-state index in [0.717, 1.165) is 16.8 Å². The van der Waals surface area contributed by atoms with Gasteiger partial charge >= 0.3 is 0 Å². The van der Waals surface area contributed by atoms with Crippen LogP contribution in [-0.4, -0.2) is 18.4 Å². The lowest BCUT2D eigenvalue weighted by molar-refractivity contribution is -0.120. The van der Waals surface area contributed by atoms with Crippen molar-refractivity contribution in [3.63, 3.8) is 0 Å². The van der Waals surface area contributed by atoms with Crippen LogP contribution in [0.25, 0.3) is 0 Å². The molecule has 2 amide bonds. The molecule has 0 heterocycles. The van der Waals surface area contributed by atoms with Crippen molar-refractivity contribution in [2.24, 2.45) is 5.92 Å². The van der Waals surface area contributed by atoms with Crippen LogP contribution in [0, 0.1) is 12.8 Å². The Hall–Kier alpha value is -2.62. The van der Waals surface area contributed by atoms with E-state index in [0.29, 0.717) is 25.9 Å². The number of hydrogen-bond donors (Lipinski definition) is 1. The Kier molecular flexibility index (Phi) is 7.59. The van der Waals surface area contributed by atoms with Gasteiger partial charge in [0.25, 0.3) is 0 Å². The van der Waals surface area contributed by atoms with Crippen LogP contribution in [0.3, 0.4) is 0 Å². The minimum atomic E-state index is -0.00626. The molecule has 0 atom stereocenters. The van der Waals surface area contributed by atoms with Gasteiger partial charge in [-0.05, 0) is 43.0 Å². The molecule has 2 aromatic rings. The number of benzene rings is 2. The molecule has 0 bridgehead atoms. The number of carbonyl (C=O) groups is 2. The summed E-state index contributed by atoms with van der Waals surface area (Å²) in [5, 5.41) is 2.82. The molecule has 4 nitrogen and oxygen atoms in total. The number of anilines is 1. The van der Waals surface area contributed by atoms with Gasteiger partial charge in [0, 0.05) is 18.7 Å². The van der Waals surface area contributed by atoms with Gasteiger partial charge in [-0.1, -0.05) is 55.8 Å². The fraction of sp³-hybridized carbons (Fsp3) is 0.391. The lowest BCUT2D eigenvalue weighted by Gasteiger charge is -2.24. The second-order valence-electron chi connectivity index (χ2n) is 7.36. The lowest BCUT2D eigenvalue weighted by atomic mass is 10.1. The first-order valence-electron chi connectivity index (χ1n) is 9.60. The van der Waals surface area contributed by atoms with Crippen molar-refractivity contribution in [3.8, 4) is 0 Å². The number of aryl methyl sites for hydroxylation is 1. The van der Waals surface area contributed by atoms with Crippen LogP contribution in [0.1, 0.15) is 43.9 Å². The van der Waals surface area contributed by atoms with E-state index in [1.807, 2.05) is 49.9 Å². The molecule has 0 unspecified atom stereocenters. The summed E-state index contributed by atoms with van der Waals surface area (Å²) in [4.78, 5) is 26.6. The monoisotopic (exact) mass is 366 g/mol. The van der Waals surface area contributed by atoms with Crippen LogP contribution in [0.4, 0.5) is 5.69 Å². The van der Waals surface area contributed by atoms with Crippen molar-refractivity contribution in [1.29, 1.82) is 0 Å². The van der Waals surface area contributed by atoms with Gasteiger partial charge in [-0.2, -0.15) is 0 Å². The van der Waals surface area contributed by atoms with Crippen LogP contribution >= 0.6 is 0 Å². The normalized spacial score (nSPS) is 10.7. The molecule has 0 radical (unpaired) electrons. The van der Waals surface area contributed by atoms with E-state index in [4.69, 9.17) is 0 Å². The van der Waals surface area contributed by atoms with Gasteiger partial charge in [0.15, 0.2) is 0 Å². The predicted molar refractivity (Wildman–Crippen MR) is 111 cm³/mol. The number of nitrogens with zero attached hydrogens (tertiary/aromatic N) is 1. The molecular formula is C23H30N2O2. The predicted octanol–water partition coefficient (Wildman–Crippen LogP) is 4.25. The van der Waals surface area contributed by atoms with Crippen molar-refractivity contribution < 1.29 is 9.59 Å². The SMILES string of the molecule is CCNC(=O)Cc1cccc(N(Cc2ccc(C)cc2)C(=O)CC(C)C)c1. The summed E-state index contributed by atoms with van der Waals surface area (Å²) in [6.45, 7) is 9.20. The molecule has 0 saturated heterocycles. The first-order chi connectivity index (χ1) is 12.9. The topological polar surface area (TPSA) is 49.4 Å². The molecule has 1 N–H and O–H groups in total. The van der Waals surface area contributed by atoms with Gasteiger partial charge in [-0.3, -0.25) is 9.59 Å². The van der Waals surface area contributed by atoms with Gasteiger partial charge in [-0.15, -0.1) is 0 Å². The van der Waals surface area contributed by atoms with Crippen LogP contribution in [0.15, 0.2) is 48.5 Å². The van der Waals surface area contributed by atoms with E-state index in [9.17, 15) is 9.59 Å². The average molecular weight is 367 g/mol. The van der Waals surface area contributed by atoms with E-state index >= 15 is 0 Å². The molecule has 144 valence electrons. The molecular weight excluding hydrogens is 336 g/mol. The maximum absolute atomic E-state index is 12.9. The Balaban J connectivity index is 2.27. The van der Waals surface area contributed by atoms with Gasteiger partial charge in [-0.25, -0.2) is 0 Å². The number of likely N-dealkylation sites (N-methyl/N-ethyl adjacent to an activating group) is 1. The molecule has 0 spiro atoms. The maximum Gasteiger partial charge on any atom is 0.227 e. The standard InChI is InChI=1S/C23H30N2O2/c1-5-24-22(26)15-20-7-6-8-21(14-20)25(23(27)13-17(2)3)16-19-11-9-18(4)10-12-19/h6-12,14,17H,5,13,15-16H2,1-4H3,(H,24,26). The van der Waals surface area contributed by atoms with Crippen molar-refractivity contribution in [1.82, 2.24) is 5.32 Å². The van der Waals surface area contributed by atoms with Gasteiger partial charge in [0.2, 0.25) is 11.8 Å². The third kappa shape index (κ3) is 6.55. The molecule has 2 aromatic carbocycles. The summed E-state index contributed by atoms with van der Waals surface area (Å²) in [6, 6.07) is 16.0. The lowest BCUT2D eigenvalue weighted by Crippen LogP contribution is -2.31. The number of nitrogens with one attached hydrogen (secondary N) is 1. The molecule has 27 heavy (non-hydrogen) atoms. The highest BCUT2D eigenvalue weighted by Gasteiger charge is 2.18. The van der Waals surface area contributed by atoms with Gasteiger partial charge in [0.05, 0.1) is 13.0 Å². The Bertz CT molecular complexity index is 766. The largest absolute Gasteiger partial charge is 0.356 e. The van der Waals surface area contributed by atoms with Crippen molar-refractivity contribution in [2.75, 3.05) is 11.4 Å². The second kappa shape index (κ2) is 9.91. The van der Waals surface area contributed by atoms with Gasteiger partial charge < -0.3 is 10.2 Å². The fourth-order valence-electron chi connectivity index (χ4n) is 2.94. The Morgan fingerprint density at radius 3 is 2.37 bits per heavy atom. The first kappa shape index (κ1) is 20.7. The number of rotatable bonds is 8. The summed E-state index contributed by atoms with van der Waals surface area (Å²) in [6.07, 6.45) is 0.810. The van der Waals surface area contributed by atoms with E-state index in [1.165, 1.54) is 5.56 Å². The smallest absolute Gasteiger partial charge is 0.227 e. The zero-order chi connectivity index (χ0) is 19.8. The Morgan fingerprint density at radius 1 is 1.04 bits per heavy atom. The Morgan fingerprint density at radius 2 is 1.74 bits per heavy atom. The summed E-state index contributed by atoms with van der Waals surface area (Å²) < 4.78 is 0. The van der Waals surface area contributed by atoms with Crippen LogP contribution in [0.2, 0.25) is 0 Å². The van der Waals surface area contributed by atoms with Gasteiger partial charge in [0.1, 0.15) is 0 Å². The summed E-state index contributed by atoms with van der Waals surface area (Å²) >= 11 is 0. The fourth-order valence-corrected chi connectivity index (χ4v) is 2.94. The van der Waals surface area contributed by atoms with Crippen molar-refractivity contribution >= 4 is 17.5 Å². The van der Waals surface area contributed by atoms with Crippen LogP contribution in [0.5, 0.6) is 0 Å². The van der Waals surface area contributed by atoms with E-state index in [1.54, 1.807) is 0 Å². The zero-order valence-electron chi connectivity index (χ0n) is 16.8. The summed E-state index contributed by atoms with van der Waals surface area (Å²) in [5.74, 6) is 0.380. The van der Waals surface area contributed by atoms with E-state index in [-0.39, 0.29) is 17.7 Å².